The van der Waals surface area contributed by atoms with Crippen LogP contribution in [0.2, 0.25) is 0 Å². The molecule has 96 valence electrons. The first-order valence-electron chi connectivity index (χ1n) is 5.89. The van der Waals surface area contributed by atoms with Gasteiger partial charge in [-0.2, -0.15) is 0 Å². The Morgan fingerprint density at radius 3 is 2.76 bits per heavy atom. The lowest BCUT2D eigenvalue weighted by Crippen LogP contribution is -2.22. The molecule has 4 nitrogen and oxygen atoms in total. The lowest BCUT2D eigenvalue weighted by molar-refractivity contribution is -0.120. The van der Waals surface area contributed by atoms with Crippen molar-refractivity contribution >= 4 is 34.1 Å². The monoisotopic (exact) mass is 273 g/mol. The van der Waals surface area contributed by atoms with Crippen LogP contribution in [0.1, 0.15) is 39.5 Å². The summed E-state index contributed by atoms with van der Waals surface area (Å²) in [5.41, 5.74) is 0. The van der Waals surface area contributed by atoms with Crippen LogP contribution in [0.5, 0.6) is 0 Å². The Kier molecular flexibility index (Phi) is 6.50. The molecule has 17 heavy (non-hydrogen) atoms. The molecule has 0 fully saturated rings. The van der Waals surface area contributed by atoms with E-state index in [1.54, 1.807) is 0 Å². The molecule has 0 saturated heterocycles. The molecule has 0 aliphatic rings. The van der Waals surface area contributed by atoms with Gasteiger partial charge >= 0.3 is 0 Å². The van der Waals surface area contributed by atoms with Gasteiger partial charge in [-0.05, 0) is 19.1 Å². The van der Waals surface area contributed by atoms with E-state index in [1.165, 1.54) is 23.1 Å². The molecule has 0 radical (unpaired) electrons. The first-order chi connectivity index (χ1) is 8.21. The molecular formula is C11H19N3OS2. The van der Waals surface area contributed by atoms with Crippen LogP contribution in [0.15, 0.2) is 4.34 Å². The van der Waals surface area contributed by atoms with Crippen molar-refractivity contribution in [3.63, 3.8) is 0 Å². The third kappa shape index (κ3) is 4.63. The standard InChI is InChI=1S/C11H19N3OS2/c1-4-6-7-8(5-2)9(15)12-10-13-14-11(16-3)17-10/h8H,4-7H2,1-3H3,(H,12,13,15)/t8-/m0/s1. The zero-order valence-electron chi connectivity index (χ0n) is 10.5. The highest BCUT2D eigenvalue weighted by atomic mass is 32.2. The number of nitrogens with zero attached hydrogens (tertiary/aromatic N) is 2. The molecule has 0 aliphatic carbocycles. The second-order valence-corrected chi connectivity index (χ2v) is 5.84. The molecule has 1 aromatic rings. The number of thioether (sulfide) groups is 1. The number of amides is 1. The topological polar surface area (TPSA) is 54.9 Å². The molecule has 0 spiro atoms. The summed E-state index contributed by atoms with van der Waals surface area (Å²) in [5, 5.41) is 11.3. The van der Waals surface area contributed by atoms with Gasteiger partial charge in [0.1, 0.15) is 0 Å². The summed E-state index contributed by atoms with van der Waals surface area (Å²) in [7, 11) is 0. The van der Waals surface area contributed by atoms with Crippen molar-refractivity contribution in [1.29, 1.82) is 0 Å². The fourth-order valence-corrected chi connectivity index (χ4v) is 2.69. The van der Waals surface area contributed by atoms with E-state index in [0.29, 0.717) is 5.13 Å². The van der Waals surface area contributed by atoms with E-state index in [4.69, 9.17) is 0 Å². The maximum absolute atomic E-state index is 12.0. The number of aromatic nitrogens is 2. The summed E-state index contributed by atoms with van der Waals surface area (Å²) in [6.45, 7) is 4.19. The molecule has 1 heterocycles. The predicted octanol–water partition coefficient (Wildman–Crippen LogP) is 3.41. The van der Waals surface area contributed by atoms with Crippen molar-refractivity contribution < 1.29 is 4.79 Å². The number of anilines is 1. The van der Waals surface area contributed by atoms with Crippen LogP contribution in [-0.2, 0) is 4.79 Å². The maximum Gasteiger partial charge on any atom is 0.229 e. The molecule has 0 saturated carbocycles. The van der Waals surface area contributed by atoms with Crippen molar-refractivity contribution in [3.05, 3.63) is 0 Å². The van der Waals surface area contributed by atoms with Crippen molar-refractivity contribution in [2.75, 3.05) is 11.6 Å². The summed E-state index contributed by atoms with van der Waals surface area (Å²) in [6, 6.07) is 0. The minimum atomic E-state index is 0.0738. The number of rotatable bonds is 7. The minimum Gasteiger partial charge on any atom is -0.300 e. The first-order valence-corrected chi connectivity index (χ1v) is 7.93. The van der Waals surface area contributed by atoms with Gasteiger partial charge in [-0.3, -0.25) is 4.79 Å². The number of hydrogen-bond donors (Lipinski definition) is 1. The Labute approximate surface area is 111 Å². The van der Waals surface area contributed by atoms with Crippen LogP contribution in [0.25, 0.3) is 0 Å². The van der Waals surface area contributed by atoms with E-state index in [0.717, 1.165) is 30.0 Å². The number of hydrogen-bond acceptors (Lipinski definition) is 5. The third-order valence-electron chi connectivity index (χ3n) is 2.58. The summed E-state index contributed by atoms with van der Waals surface area (Å²) in [6.07, 6.45) is 5.99. The molecule has 0 aromatic carbocycles. The fourth-order valence-electron chi connectivity index (χ4n) is 1.52. The highest BCUT2D eigenvalue weighted by molar-refractivity contribution is 8.00. The quantitative estimate of drug-likeness (QED) is 0.611. The Morgan fingerprint density at radius 2 is 2.24 bits per heavy atom. The molecular weight excluding hydrogens is 254 g/mol. The largest absolute Gasteiger partial charge is 0.300 e. The van der Waals surface area contributed by atoms with Crippen LogP contribution < -0.4 is 5.32 Å². The van der Waals surface area contributed by atoms with Crippen LogP contribution >= 0.6 is 23.1 Å². The van der Waals surface area contributed by atoms with Gasteiger partial charge in [0, 0.05) is 5.92 Å². The summed E-state index contributed by atoms with van der Waals surface area (Å²) >= 11 is 2.96. The Balaban J connectivity index is 2.51. The Bertz CT molecular complexity index is 354. The SMILES string of the molecule is CCCC[C@H](CC)C(=O)Nc1nnc(SC)s1. The second-order valence-electron chi connectivity index (χ2n) is 3.81. The number of unbranched alkanes of at least 4 members (excludes halogenated alkanes) is 1. The highest BCUT2D eigenvalue weighted by Gasteiger charge is 2.17. The molecule has 1 aromatic heterocycles. The van der Waals surface area contributed by atoms with Crippen LogP contribution in [-0.4, -0.2) is 22.4 Å². The fraction of sp³-hybridized carbons (Fsp3) is 0.727. The van der Waals surface area contributed by atoms with Crippen molar-refractivity contribution in [2.24, 2.45) is 5.92 Å². The summed E-state index contributed by atoms with van der Waals surface area (Å²) < 4.78 is 0.877. The van der Waals surface area contributed by atoms with E-state index in [1.807, 2.05) is 13.2 Å². The summed E-state index contributed by atoms with van der Waals surface area (Å²) in [5.74, 6) is 0.168. The van der Waals surface area contributed by atoms with Gasteiger partial charge in [0.15, 0.2) is 4.34 Å². The van der Waals surface area contributed by atoms with Gasteiger partial charge in [-0.1, -0.05) is 49.8 Å². The van der Waals surface area contributed by atoms with E-state index in [2.05, 4.69) is 22.4 Å². The number of nitrogens with one attached hydrogen (secondary N) is 1. The van der Waals surface area contributed by atoms with Crippen molar-refractivity contribution in [1.82, 2.24) is 10.2 Å². The normalized spacial score (nSPS) is 12.4. The molecule has 1 amide bonds. The van der Waals surface area contributed by atoms with E-state index in [9.17, 15) is 4.79 Å². The Hall–Kier alpha value is -0.620. The maximum atomic E-state index is 12.0. The van der Waals surface area contributed by atoms with Gasteiger partial charge in [0.2, 0.25) is 11.0 Å². The second kappa shape index (κ2) is 7.66. The minimum absolute atomic E-state index is 0.0738. The zero-order valence-corrected chi connectivity index (χ0v) is 12.2. The molecule has 0 aliphatic heterocycles. The highest BCUT2D eigenvalue weighted by Crippen LogP contribution is 2.24. The molecule has 0 unspecified atom stereocenters. The van der Waals surface area contributed by atoms with Crippen LogP contribution in [0.3, 0.4) is 0 Å². The third-order valence-corrected chi connectivity index (χ3v) is 4.40. The van der Waals surface area contributed by atoms with Gasteiger partial charge in [-0.25, -0.2) is 0 Å². The van der Waals surface area contributed by atoms with E-state index in [-0.39, 0.29) is 11.8 Å². The average molecular weight is 273 g/mol. The van der Waals surface area contributed by atoms with E-state index >= 15 is 0 Å². The van der Waals surface area contributed by atoms with Crippen LogP contribution in [0, 0.1) is 5.92 Å². The van der Waals surface area contributed by atoms with Crippen molar-refractivity contribution in [2.45, 2.75) is 43.9 Å². The molecule has 1 atom stereocenters. The number of carbonyl (C=O) groups is 1. The van der Waals surface area contributed by atoms with Gasteiger partial charge in [0.05, 0.1) is 0 Å². The lowest BCUT2D eigenvalue weighted by atomic mass is 9.99. The smallest absolute Gasteiger partial charge is 0.229 e. The zero-order chi connectivity index (χ0) is 12.7. The molecule has 1 rings (SSSR count). The van der Waals surface area contributed by atoms with E-state index < -0.39 is 0 Å². The number of carbonyl (C=O) groups excluding carboxylic acids is 1. The molecule has 0 bridgehead atoms. The van der Waals surface area contributed by atoms with Gasteiger partial charge in [0.25, 0.3) is 0 Å². The molecule has 1 N–H and O–H groups in total. The molecule has 6 heteroatoms. The van der Waals surface area contributed by atoms with Crippen LogP contribution in [0.4, 0.5) is 5.13 Å². The van der Waals surface area contributed by atoms with Gasteiger partial charge < -0.3 is 5.32 Å². The predicted molar refractivity (Wildman–Crippen MR) is 73.6 cm³/mol. The first kappa shape index (κ1) is 14.4. The Morgan fingerprint density at radius 1 is 1.47 bits per heavy atom. The average Bonchev–Trinajstić information content (AvgIpc) is 2.77. The van der Waals surface area contributed by atoms with Crippen molar-refractivity contribution in [3.8, 4) is 0 Å². The summed E-state index contributed by atoms with van der Waals surface area (Å²) in [4.78, 5) is 12.0. The van der Waals surface area contributed by atoms with Gasteiger partial charge in [-0.15, -0.1) is 10.2 Å². The lowest BCUT2D eigenvalue weighted by Gasteiger charge is -2.12.